The van der Waals surface area contributed by atoms with Gasteiger partial charge >= 0.3 is 0 Å². The van der Waals surface area contributed by atoms with Gasteiger partial charge in [0.25, 0.3) is 0 Å². The molecule has 0 bridgehead atoms. The third kappa shape index (κ3) is 7.77. The number of rotatable bonds is 9. The van der Waals surface area contributed by atoms with E-state index in [4.69, 9.17) is 4.74 Å². The molecule has 0 radical (unpaired) electrons. The fourth-order valence-corrected chi connectivity index (χ4v) is 2.63. The molecule has 1 amide bonds. The van der Waals surface area contributed by atoms with Gasteiger partial charge in [-0.2, -0.15) is 0 Å². The number of nitrogens with one attached hydrogen (secondary N) is 3. The van der Waals surface area contributed by atoms with Crippen molar-refractivity contribution in [2.45, 2.75) is 26.3 Å². The van der Waals surface area contributed by atoms with Crippen molar-refractivity contribution in [2.24, 2.45) is 10.9 Å². The van der Waals surface area contributed by atoms with E-state index >= 15 is 0 Å². The average molecular weight is 527 g/mol. The number of halogens is 2. The molecule has 3 N–H and O–H groups in total. The molecule has 7 nitrogen and oxygen atoms in total. The van der Waals surface area contributed by atoms with Crippen LogP contribution >= 0.6 is 24.0 Å². The second kappa shape index (κ2) is 12.3. The second-order valence-corrected chi connectivity index (χ2v) is 6.74. The molecule has 1 heterocycles. The topological polar surface area (TPSA) is 87.6 Å². The van der Waals surface area contributed by atoms with E-state index in [0.717, 1.165) is 18.4 Å². The Morgan fingerprint density at radius 3 is 2.70 bits per heavy atom. The third-order valence-corrected chi connectivity index (χ3v) is 4.29. The van der Waals surface area contributed by atoms with Gasteiger partial charge in [0.05, 0.1) is 12.7 Å². The Kier molecular flexibility index (Phi) is 9.78. The first-order valence-corrected chi connectivity index (χ1v) is 9.82. The van der Waals surface area contributed by atoms with E-state index in [1.54, 1.807) is 30.5 Å². The third-order valence-electron chi connectivity index (χ3n) is 4.29. The maximum Gasteiger partial charge on any atom is 0.223 e. The standard InChI is InChI=1S/C21H26FN5O2.HI/c1-2-24-21(26-11-10-25-20(28)16-6-7-16)27-13-15-5-8-19(18(22)12-15)29-17-4-3-9-23-14-17;/h3-5,8-9,12,14,16H,2,6-7,10-11,13H2,1H3,(H,25,28)(H2,24,26,27);1H. The number of carbonyl (C=O) groups excluding carboxylic acids is 1. The second-order valence-electron chi connectivity index (χ2n) is 6.74. The van der Waals surface area contributed by atoms with E-state index in [2.05, 4.69) is 25.9 Å². The Bertz CT molecular complexity index is 847. The SMILES string of the molecule is CCNC(=NCc1ccc(Oc2cccnc2)c(F)c1)NCCNC(=O)C1CC1.I. The smallest absolute Gasteiger partial charge is 0.223 e. The lowest BCUT2D eigenvalue weighted by Crippen LogP contribution is -2.41. The fourth-order valence-electron chi connectivity index (χ4n) is 2.63. The van der Waals surface area contributed by atoms with Gasteiger partial charge in [0.15, 0.2) is 17.5 Å². The Hall–Kier alpha value is -2.43. The van der Waals surface area contributed by atoms with Crippen LogP contribution in [0.15, 0.2) is 47.7 Å². The number of guanidine groups is 1. The summed E-state index contributed by atoms with van der Waals surface area (Å²) in [7, 11) is 0. The van der Waals surface area contributed by atoms with Crippen molar-refractivity contribution < 1.29 is 13.9 Å². The van der Waals surface area contributed by atoms with Crippen LogP contribution in [0.25, 0.3) is 0 Å². The predicted molar refractivity (Wildman–Crippen MR) is 125 cm³/mol. The van der Waals surface area contributed by atoms with Crippen LogP contribution in [0.3, 0.4) is 0 Å². The number of carbonyl (C=O) groups is 1. The zero-order valence-corrected chi connectivity index (χ0v) is 19.2. The molecule has 2 aromatic rings. The highest BCUT2D eigenvalue weighted by atomic mass is 127. The zero-order chi connectivity index (χ0) is 20.5. The number of aromatic nitrogens is 1. The van der Waals surface area contributed by atoms with E-state index in [9.17, 15) is 9.18 Å². The van der Waals surface area contributed by atoms with Crippen LogP contribution in [0, 0.1) is 11.7 Å². The number of aliphatic imine (C=N–C) groups is 1. The van der Waals surface area contributed by atoms with E-state index in [-0.39, 0.29) is 41.6 Å². The van der Waals surface area contributed by atoms with Gasteiger partial charge in [-0.3, -0.25) is 9.78 Å². The van der Waals surface area contributed by atoms with Crippen molar-refractivity contribution in [3.8, 4) is 11.5 Å². The summed E-state index contributed by atoms with van der Waals surface area (Å²) in [4.78, 5) is 20.0. The van der Waals surface area contributed by atoms with Crippen LogP contribution in [0.2, 0.25) is 0 Å². The van der Waals surface area contributed by atoms with Crippen LogP contribution in [0.5, 0.6) is 11.5 Å². The maximum atomic E-state index is 14.3. The molecule has 1 saturated carbocycles. The molecular formula is C21H27FIN5O2. The van der Waals surface area contributed by atoms with Crippen LogP contribution in [0.1, 0.15) is 25.3 Å². The number of amides is 1. The molecule has 0 aliphatic heterocycles. The van der Waals surface area contributed by atoms with E-state index in [1.165, 1.54) is 12.3 Å². The molecule has 1 aliphatic carbocycles. The Morgan fingerprint density at radius 2 is 2.03 bits per heavy atom. The molecule has 0 unspecified atom stereocenters. The van der Waals surface area contributed by atoms with Crippen molar-refractivity contribution >= 4 is 35.8 Å². The molecule has 0 atom stereocenters. The van der Waals surface area contributed by atoms with Gasteiger partial charge in [-0.1, -0.05) is 6.07 Å². The monoisotopic (exact) mass is 527 g/mol. The summed E-state index contributed by atoms with van der Waals surface area (Å²) in [5.74, 6) is 1.10. The summed E-state index contributed by atoms with van der Waals surface area (Å²) in [6.07, 6.45) is 5.14. The summed E-state index contributed by atoms with van der Waals surface area (Å²) in [6, 6.07) is 8.21. The molecule has 3 rings (SSSR count). The minimum absolute atomic E-state index is 0. The molecule has 9 heteroatoms. The van der Waals surface area contributed by atoms with Crippen LogP contribution in [0.4, 0.5) is 4.39 Å². The van der Waals surface area contributed by atoms with Gasteiger partial charge in [0, 0.05) is 31.7 Å². The molecule has 162 valence electrons. The first-order valence-electron chi connectivity index (χ1n) is 9.82. The Balaban J connectivity index is 0.00000320. The highest BCUT2D eigenvalue weighted by Gasteiger charge is 2.28. The fraction of sp³-hybridized carbons (Fsp3) is 0.381. The summed E-state index contributed by atoms with van der Waals surface area (Å²) in [5.41, 5.74) is 0.722. The number of pyridine rings is 1. The minimum atomic E-state index is -0.456. The molecule has 1 aromatic carbocycles. The number of hydrogen-bond donors (Lipinski definition) is 3. The summed E-state index contributed by atoms with van der Waals surface area (Å²) in [5, 5.41) is 9.20. The molecule has 1 aliphatic rings. The molecule has 0 spiro atoms. The maximum absolute atomic E-state index is 14.3. The molecule has 1 fully saturated rings. The summed E-state index contributed by atoms with van der Waals surface area (Å²) < 4.78 is 19.8. The lowest BCUT2D eigenvalue weighted by molar-refractivity contribution is -0.122. The number of ether oxygens (including phenoxy) is 1. The van der Waals surface area contributed by atoms with Crippen molar-refractivity contribution in [1.82, 2.24) is 20.9 Å². The Labute approximate surface area is 192 Å². The first kappa shape index (κ1) is 23.8. The number of hydrogen-bond acceptors (Lipinski definition) is 4. The molecular weight excluding hydrogens is 500 g/mol. The van der Waals surface area contributed by atoms with Gasteiger partial charge < -0.3 is 20.7 Å². The van der Waals surface area contributed by atoms with Crippen molar-refractivity contribution in [3.63, 3.8) is 0 Å². The quantitative estimate of drug-likeness (QED) is 0.202. The number of benzene rings is 1. The molecule has 0 saturated heterocycles. The van der Waals surface area contributed by atoms with Crippen LogP contribution in [-0.4, -0.2) is 36.5 Å². The minimum Gasteiger partial charge on any atom is -0.453 e. The van der Waals surface area contributed by atoms with Gasteiger partial charge in [-0.15, -0.1) is 24.0 Å². The zero-order valence-electron chi connectivity index (χ0n) is 16.9. The van der Waals surface area contributed by atoms with Gasteiger partial charge in [0.2, 0.25) is 5.91 Å². The van der Waals surface area contributed by atoms with Crippen molar-refractivity contribution in [2.75, 3.05) is 19.6 Å². The van der Waals surface area contributed by atoms with E-state index in [0.29, 0.717) is 37.9 Å². The first-order chi connectivity index (χ1) is 14.2. The number of nitrogens with zero attached hydrogens (tertiary/aromatic N) is 2. The largest absolute Gasteiger partial charge is 0.453 e. The summed E-state index contributed by atoms with van der Waals surface area (Å²) >= 11 is 0. The van der Waals surface area contributed by atoms with Gasteiger partial charge in [0.1, 0.15) is 5.75 Å². The highest BCUT2D eigenvalue weighted by Crippen LogP contribution is 2.28. The van der Waals surface area contributed by atoms with Crippen LogP contribution < -0.4 is 20.7 Å². The molecule has 1 aromatic heterocycles. The predicted octanol–water partition coefficient (Wildman–Crippen LogP) is 3.21. The highest BCUT2D eigenvalue weighted by molar-refractivity contribution is 14.0. The van der Waals surface area contributed by atoms with Crippen molar-refractivity contribution in [3.05, 3.63) is 54.1 Å². The van der Waals surface area contributed by atoms with Gasteiger partial charge in [-0.25, -0.2) is 9.38 Å². The van der Waals surface area contributed by atoms with Gasteiger partial charge in [-0.05, 0) is 49.6 Å². The summed E-state index contributed by atoms with van der Waals surface area (Å²) in [6.45, 7) is 4.09. The lowest BCUT2D eigenvalue weighted by atomic mass is 10.2. The molecule has 30 heavy (non-hydrogen) atoms. The normalized spacial score (nSPS) is 13.2. The lowest BCUT2D eigenvalue weighted by Gasteiger charge is -2.12. The average Bonchev–Trinajstić information content (AvgIpc) is 3.57. The van der Waals surface area contributed by atoms with Crippen LogP contribution in [-0.2, 0) is 11.3 Å². The van der Waals surface area contributed by atoms with Crippen molar-refractivity contribution in [1.29, 1.82) is 0 Å². The van der Waals surface area contributed by atoms with E-state index < -0.39 is 5.82 Å². The Morgan fingerprint density at radius 1 is 1.23 bits per heavy atom. The van der Waals surface area contributed by atoms with E-state index in [1.807, 2.05) is 6.92 Å².